The molecule has 1 aromatic carbocycles. The topological polar surface area (TPSA) is 68.6 Å². The molecule has 0 unspecified atom stereocenters. The minimum Gasteiger partial charge on any atom is -0.470 e. The second kappa shape index (κ2) is 9.02. The highest BCUT2D eigenvalue weighted by atomic mass is 35.5. The molecule has 0 saturated carbocycles. The summed E-state index contributed by atoms with van der Waals surface area (Å²) in [4.78, 5) is 14.4. The van der Waals surface area contributed by atoms with Crippen LogP contribution in [-0.2, 0) is 11.5 Å². The number of ether oxygens (including phenoxy) is 2. The van der Waals surface area contributed by atoms with Gasteiger partial charge < -0.3 is 14.8 Å². The number of carbonyl (C=O) groups is 1. The minimum atomic E-state index is -0.189. The number of hydrogen-bond donors (Lipinski definition) is 1. The van der Waals surface area contributed by atoms with E-state index in [1.807, 2.05) is 19.1 Å². The molecular weight excluding hydrogens is 356 g/mol. The zero-order valence-electron chi connectivity index (χ0n) is 14.8. The van der Waals surface area contributed by atoms with Crippen molar-refractivity contribution in [2.75, 3.05) is 39.4 Å². The van der Waals surface area contributed by atoms with Crippen molar-refractivity contribution in [3.8, 4) is 5.75 Å². The largest absolute Gasteiger partial charge is 0.470 e. The highest BCUT2D eigenvalue weighted by Gasteiger charge is 2.12. The van der Waals surface area contributed by atoms with E-state index in [2.05, 4.69) is 15.3 Å². The summed E-state index contributed by atoms with van der Waals surface area (Å²) in [5.74, 6) is 0.407. The molecule has 1 aliphatic heterocycles. The van der Waals surface area contributed by atoms with Gasteiger partial charge >= 0.3 is 0 Å². The maximum absolute atomic E-state index is 12.2. The molecule has 140 valence electrons. The molecule has 7 nitrogen and oxygen atoms in total. The Bertz CT molecular complexity index is 744. The molecule has 0 radical (unpaired) electrons. The Morgan fingerprint density at radius 3 is 2.96 bits per heavy atom. The lowest BCUT2D eigenvalue weighted by Gasteiger charge is -2.26. The molecule has 1 N–H and O–H groups in total. The maximum atomic E-state index is 12.2. The molecule has 0 spiro atoms. The Kier molecular flexibility index (Phi) is 6.49. The zero-order chi connectivity index (χ0) is 18.4. The number of benzene rings is 1. The predicted octanol–water partition coefficient (Wildman–Crippen LogP) is 1.94. The van der Waals surface area contributed by atoms with Gasteiger partial charge in [-0.3, -0.25) is 9.69 Å². The number of carbonyl (C=O) groups excluding carboxylic acids is 1. The fourth-order valence-electron chi connectivity index (χ4n) is 2.65. The number of amides is 1. The average molecular weight is 379 g/mol. The number of halogens is 1. The van der Waals surface area contributed by atoms with Crippen molar-refractivity contribution in [3.05, 3.63) is 46.7 Å². The van der Waals surface area contributed by atoms with Crippen LogP contribution in [0, 0.1) is 6.92 Å². The standard InChI is InChI=1S/C18H23ClN4O3/c1-14-2-3-15(19)17(12-14)26-13-23-6-4-16(21-23)18(24)20-5-7-22-8-10-25-11-9-22/h2-4,6,12H,5,7-11,13H2,1H3,(H,20,24). The van der Waals surface area contributed by atoms with Crippen molar-refractivity contribution in [2.45, 2.75) is 13.7 Å². The summed E-state index contributed by atoms with van der Waals surface area (Å²) in [6.07, 6.45) is 1.71. The first kappa shape index (κ1) is 18.7. The molecular formula is C18H23ClN4O3. The minimum absolute atomic E-state index is 0.185. The Balaban J connectivity index is 1.46. The Labute approximate surface area is 157 Å². The number of aryl methyl sites for hydroxylation is 1. The van der Waals surface area contributed by atoms with E-state index in [9.17, 15) is 4.79 Å². The normalized spacial score (nSPS) is 15.0. The lowest BCUT2D eigenvalue weighted by molar-refractivity contribution is 0.0383. The molecule has 1 amide bonds. The number of nitrogens with one attached hydrogen (secondary N) is 1. The molecule has 8 heteroatoms. The van der Waals surface area contributed by atoms with Crippen LogP contribution in [-0.4, -0.2) is 60.0 Å². The molecule has 1 fully saturated rings. The summed E-state index contributed by atoms with van der Waals surface area (Å²) < 4.78 is 12.5. The summed E-state index contributed by atoms with van der Waals surface area (Å²) in [7, 11) is 0. The molecule has 1 aromatic heterocycles. The highest BCUT2D eigenvalue weighted by molar-refractivity contribution is 6.32. The first-order chi connectivity index (χ1) is 12.6. The lowest BCUT2D eigenvalue weighted by Crippen LogP contribution is -2.41. The summed E-state index contributed by atoms with van der Waals surface area (Å²) in [5, 5.41) is 7.68. The fourth-order valence-corrected chi connectivity index (χ4v) is 2.83. The molecule has 0 atom stereocenters. The maximum Gasteiger partial charge on any atom is 0.271 e. The van der Waals surface area contributed by atoms with E-state index in [0.717, 1.165) is 38.4 Å². The van der Waals surface area contributed by atoms with Crippen LogP contribution in [0.2, 0.25) is 5.02 Å². The van der Waals surface area contributed by atoms with Gasteiger partial charge in [-0.15, -0.1) is 0 Å². The summed E-state index contributed by atoms with van der Waals surface area (Å²) in [6, 6.07) is 7.25. The van der Waals surface area contributed by atoms with E-state index in [-0.39, 0.29) is 12.6 Å². The van der Waals surface area contributed by atoms with Crippen molar-refractivity contribution in [3.63, 3.8) is 0 Å². The first-order valence-corrected chi connectivity index (χ1v) is 9.00. The van der Waals surface area contributed by atoms with E-state index in [1.54, 1.807) is 23.0 Å². The third-order valence-electron chi connectivity index (χ3n) is 4.13. The molecule has 0 aliphatic carbocycles. The highest BCUT2D eigenvalue weighted by Crippen LogP contribution is 2.25. The van der Waals surface area contributed by atoms with Crippen LogP contribution in [0.3, 0.4) is 0 Å². The molecule has 2 aromatic rings. The molecule has 3 rings (SSSR count). The third-order valence-corrected chi connectivity index (χ3v) is 4.44. The van der Waals surface area contributed by atoms with Gasteiger partial charge in [0.2, 0.25) is 0 Å². The van der Waals surface area contributed by atoms with E-state index in [4.69, 9.17) is 21.1 Å². The third kappa shape index (κ3) is 5.20. The van der Waals surface area contributed by atoms with Crippen LogP contribution < -0.4 is 10.1 Å². The van der Waals surface area contributed by atoms with Crippen LogP contribution >= 0.6 is 11.6 Å². The first-order valence-electron chi connectivity index (χ1n) is 8.62. The number of rotatable bonds is 7. The second-order valence-electron chi connectivity index (χ2n) is 6.16. The van der Waals surface area contributed by atoms with Crippen LogP contribution in [0.25, 0.3) is 0 Å². The average Bonchev–Trinajstić information content (AvgIpc) is 3.12. The van der Waals surface area contributed by atoms with E-state index in [1.165, 1.54) is 0 Å². The van der Waals surface area contributed by atoms with Crippen molar-refractivity contribution >= 4 is 17.5 Å². The van der Waals surface area contributed by atoms with Gasteiger partial charge in [0.05, 0.1) is 18.2 Å². The van der Waals surface area contributed by atoms with Crippen molar-refractivity contribution in [1.82, 2.24) is 20.0 Å². The predicted molar refractivity (Wildman–Crippen MR) is 98.6 cm³/mol. The van der Waals surface area contributed by atoms with Crippen molar-refractivity contribution in [1.29, 1.82) is 0 Å². The quantitative estimate of drug-likeness (QED) is 0.797. The van der Waals surface area contributed by atoms with Gasteiger partial charge in [-0.2, -0.15) is 5.10 Å². The monoisotopic (exact) mass is 378 g/mol. The smallest absolute Gasteiger partial charge is 0.271 e. The molecule has 1 aliphatic rings. The van der Waals surface area contributed by atoms with Gasteiger partial charge in [-0.05, 0) is 30.7 Å². The van der Waals surface area contributed by atoms with Crippen LogP contribution in [0.4, 0.5) is 0 Å². The number of hydrogen-bond acceptors (Lipinski definition) is 5. The molecule has 2 heterocycles. The van der Waals surface area contributed by atoms with E-state index in [0.29, 0.717) is 23.0 Å². The van der Waals surface area contributed by atoms with Gasteiger partial charge in [-0.25, -0.2) is 4.68 Å². The Morgan fingerprint density at radius 2 is 2.15 bits per heavy atom. The van der Waals surface area contributed by atoms with Crippen LogP contribution in [0.1, 0.15) is 16.1 Å². The molecule has 26 heavy (non-hydrogen) atoms. The zero-order valence-corrected chi connectivity index (χ0v) is 15.5. The van der Waals surface area contributed by atoms with Gasteiger partial charge in [0, 0.05) is 32.4 Å². The van der Waals surface area contributed by atoms with Gasteiger partial charge in [0.25, 0.3) is 5.91 Å². The Hall–Kier alpha value is -2.09. The summed E-state index contributed by atoms with van der Waals surface area (Å²) in [6.45, 7) is 6.87. The number of morpholine rings is 1. The van der Waals surface area contributed by atoms with Gasteiger partial charge in [0.15, 0.2) is 6.73 Å². The van der Waals surface area contributed by atoms with E-state index < -0.39 is 0 Å². The van der Waals surface area contributed by atoms with E-state index >= 15 is 0 Å². The lowest BCUT2D eigenvalue weighted by atomic mass is 10.2. The summed E-state index contributed by atoms with van der Waals surface area (Å²) in [5.41, 5.74) is 1.43. The van der Waals surface area contributed by atoms with Crippen molar-refractivity contribution < 1.29 is 14.3 Å². The number of aromatic nitrogens is 2. The fraction of sp³-hybridized carbons (Fsp3) is 0.444. The number of nitrogens with zero attached hydrogens (tertiary/aromatic N) is 3. The van der Waals surface area contributed by atoms with Crippen LogP contribution in [0.15, 0.2) is 30.5 Å². The van der Waals surface area contributed by atoms with Gasteiger partial charge in [-0.1, -0.05) is 17.7 Å². The molecule has 1 saturated heterocycles. The van der Waals surface area contributed by atoms with Crippen LogP contribution in [0.5, 0.6) is 5.75 Å². The Morgan fingerprint density at radius 1 is 1.35 bits per heavy atom. The second-order valence-corrected chi connectivity index (χ2v) is 6.56. The van der Waals surface area contributed by atoms with Gasteiger partial charge in [0.1, 0.15) is 11.4 Å². The van der Waals surface area contributed by atoms with Crippen molar-refractivity contribution in [2.24, 2.45) is 0 Å². The molecule has 0 bridgehead atoms. The summed E-state index contributed by atoms with van der Waals surface area (Å²) >= 11 is 6.11. The SMILES string of the molecule is Cc1ccc(Cl)c(OCn2ccc(C(=O)NCCN3CCOCC3)n2)c1.